The Morgan fingerprint density at radius 1 is 1.27 bits per heavy atom. The normalized spacial score (nSPS) is 10.7. The predicted octanol–water partition coefficient (Wildman–Crippen LogP) is 3.06. The summed E-state index contributed by atoms with van der Waals surface area (Å²) in [4.78, 5) is 24.9. The van der Waals surface area contributed by atoms with Crippen LogP contribution in [-0.2, 0) is 0 Å². The molecule has 2 aromatic heterocycles. The highest BCUT2D eigenvalue weighted by Crippen LogP contribution is 2.25. The van der Waals surface area contributed by atoms with E-state index in [0.29, 0.717) is 22.2 Å². The summed E-state index contributed by atoms with van der Waals surface area (Å²) >= 11 is 5.98. The standard InChI is InChI=1S/C15H14ClN5O/c1-21(2)15(22)12-7-11-13(17-8-18-14(11)20-12)19-10-5-3-4-9(16)6-10/h3-8H,1-2H3,(H2,17,18,19,20). The zero-order valence-corrected chi connectivity index (χ0v) is 12.8. The molecule has 0 bridgehead atoms. The van der Waals surface area contributed by atoms with Gasteiger partial charge < -0.3 is 15.2 Å². The summed E-state index contributed by atoms with van der Waals surface area (Å²) < 4.78 is 0. The molecule has 3 aromatic rings. The highest BCUT2D eigenvalue weighted by atomic mass is 35.5. The number of H-pyrrole nitrogens is 1. The van der Waals surface area contributed by atoms with Crippen molar-refractivity contribution in [3.8, 4) is 0 Å². The second-order valence-corrected chi connectivity index (χ2v) is 5.44. The Bertz CT molecular complexity index is 843. The van der Waals surface area contributed by atoms with Crippen LogP contribution in [0.2, 0.25) is 5.02 Å². The number of carbonyl (C=O) groups excluding carboxylic acids is 1. The lowest BCUT2D eigenvalue weighted by molar-refractivity contribution is 0.0823. The molecule has 0 unspecified atom stereocenters. The molecule has 6 nitrogen and oxygen atoms in total. The molecule has 0 saturated carbocycles. The van der Waals surface area contributed by atoms with Crippen LogP contribution in [0.5, 0.6) is 0 Å². The first kappa shape index (κ1) is 14.3. The van der Waals surface area contributed by atoms with Gasteiger partial charge in [-0.3, -0.25) is 4.79 Å². The zero-order chi connectivity index (χ0) is 15.7. The Morgan fingerprint density at radius 2 is 2.09 bits per heavy atom. The summed E-state index contributed by atoms with van der Waals surface area (Å²) in [5.74, 6) is 0.494. The number of amides is 1. The average molecular weight is 316 g/mol. The van der Waals surface area contributed by atoms with Gasteiger partial charge in [0.2, 0.25) is 0 Å². The number of nitrogens with one attached hydrogen (secondary N) is 2. The highest BCUT2D eigenvalue weighted by molar-refractivity contribution is 6.30. The number of hydrogen-bond acceptors (Lipinski definition) is 4. The molecule has 22 heavy (non-hydrogen) atoms. The molecule has 0 aliphatic heterocycles. The van der Waals surface area contributed by atoms with Crippen molar-refractivity contribution in [1.29, 1.82) is 0 Å². The van der Waals surface area contributed by atoms with Gasteiger partial charge in [0.1, 0.15) is 23.5 Å². The van der Waals surface area contributed by atoms with Gasteiger partial charge in [0, 0.05) is 24.8 Å². The Kier molecular flexibility index (Phi) is 3.68. The molecule has 0 saturated heterocycles. The van der Waals surface area contributed by atoms with E-state index in [0.717, 1.165) is 11.1 Å². The van der Waals surface area contributed by atoms with Gasteiger partial charge >= 0.3 is 0 Å². The summed E-state index contributed by atoms with van der Waals surface area (Å²) in [5.41, 5.74) is 1.88. The number of nitrogens with zero attached hydrogens (tertiary/aromatic N) is 3. The summed E-state index contributed by atoms with van der Waals surface area (Å²) in [6.45, 7) is 0. The van der Waals surface area contributed by atoms with Gasteiger partial charge in [-0.1, -0.05) is 17.7 Å². The smallest absolute Gasteiger partial charge is 0.269 e. The van der Waals surface area contributed by atoms with Crippen molar-refractivity contribution in [2.45, 2.75) is 0 Å². The summed E-state index contributed by atoms with van der Waals surface area (Å²) in [5, 5.41) is 4.56. The Labute approximate surface area is 132 Å². The molecular formula is C15H14ClN5O. The number of rotatable bonds is 3. The molecule has 112 valence electrons. The van der Waals surface area contributed by atoms with Crippen LogP contribution in [0.25, 0.3) is 11.0 Å². The quantitative estimate of drug-likeness (QED) is 0.779. The maximum Gasteiger partial charge on any atom is 0.269 e. The second kappa shape index (κ2) is 5.65. The molecule has 2 heterocycles. The Hall–Kier alpha value is -2.60. The van der Waals surface area contributed by atoms with Gasteiger partial charge in [-0.05, 0) is 24.3 Å². The van der Waals surface area contributed by atoms with Gasteiger partial charge in [-0.2, -0.15) is 0 Å². The van der Waals surface area contributed by atoms with E-state index in [2.05, 4.69) is 20.3 Å². The average Bonchev–Trinajstić information content (AvgIpc) is 2.91. The molecule has 3 rings (SSSR count). The van der Waals surface area contributed by atoms with Crippen LogP contribution in [0.4, 0.5) is 11.5 Å². The number of anilines is 2. The van der Waals surface area contributed by atoms with E-state index in [1.54, 1.807) is 32.3 Å². The molecule has 7 heteroatoms. The topological polar surface area (TPSA) is 73.9 Å². The molecular weight excluding hydrogens is 302 g/mol. The molecule has 1 amide bonds. The van der Waals surface area contributed by atoms with Crippen LogP contribution in [0.15, 0.2) is 36.7 Å². The maximum absolute atomic E-state index is 12.0. The molecule has 0 aliphatic carbocycles. The fourth-order valence-corrected chi connectivity index (χ4v) is 2.29. The van der Waals surface area contributed by atoms with Crippen LogP contribution >= 0.6 is 11.6 Å². The second-order valence-electron chi connectivity index (χ2n) is 5.00. The van der Waals surface area contributed by atoms with E-state index in [9.17, 15) is 4.79 Å². The molecule has 1 aromatic carbocycles. The first-order valence-corrected chi connectivity index (χ1v) is 7.00. The summed E-state index contributed by atoms with van der Waals surface area (Å²) in [6.07, 6.45) is 1.44. The molecule has 0 spiro atoms. The third-order valence-corrected chi connectivity index (χ3v) is 3.38. The van der Waals surface area contributed by atoms with Crippen molar-refractivity contribution in [2.75, 3.05) is 19.4 Å². The lowest BCUT2D eigenvalue weighted by atomic mass is 10.3. The fraction of sp³-hybridized carbons (Fsp3) is 0.133. The van der Waals surface area contributed by atoms with E-state index in [1.807, 2.05) is 12.1 Å². The minimum Gasteiger partial charge on any atom is -0.344 e. The van der Waals surface area contributed by atoms with Gasteiger partial charge in [-0.25, -0.2) is 9.97 Å². The van der Waals surface area contributed by atoms with Crippen molar-refractivity contribution in [3.05, 3.63) is 47.4 Å². The van der Waals surface area contributed by atoms with Crippen LogP contribution in [0, 0.1) is 0 Å². The minimum absolute atomic E-state index is 0.119. The Balaban J connectivity index is 2.01. The minimum atomic E-state index is -0.119. The van der Waals surface area contributed by atoms with E-state index in [1.165, 1.54) is 11.2 Å². The van der Waals surface area contributed by atoms with Gasteiger partial charge in [0.05, 0.1) is 5.39 Å². The van der Waals surface area contributed by atoms with Crippen LogP contribution in [-0.4, -0.2) is 39.9 Å². The lowest BCUT2D eigenvalue weighted by Gasteiger charge is -2.07. The molecule has 0 aliphatic rings. The SMILES string of the molecule is CN(C)C(=O)c1cc2c(Nc3cccc(Cl)c3)ncnc2[nH]1. The number of hydrogen-bond donors (Lipinski definition) is 2. The van der Waals surface area contributed by atoms with Crippen molar-refractivity contribution in [1.82, 2.24) is 19.9 Å². The first-order chi connectivity index (χ1) is 10.5. The number of carbonyl (C=O) groups is 1. The van der Waals surface area contributed by atoms with Crippen LogP contribution in [0.3, 0.4) is 0 Å². The fourth-order valence-electron chi connectivity index (χ4n) is 2.10. The van der Waals surface area contributed by atoms with Crippen molar-refractivity contribution in [2.24, 2.45) is 0 Å². The molecule has 0 atom stereocenters. The maximum atomic E-state index is 12.0. The van der Waals surface area contributed by atoms with Gasteiger partial charge in [0.25, 0.3) is 5.91 Å². The molecule has 0 fully saturated rings. The highest BCUT2D eigenvalue weighted by Gasteiger charge is 2.14. The van der Waals surface area contributed by atoms with E-state index in [-0.39, 0.29) is 5.91 Å². The van der Waals surface area contributed by atoms with Crippen LogP contribution < -0.4 is 5.32 Å². The van der Waals surface area contributed by atoms with Crippen molar-refractivity contribution >= 4 is 40.0 Å². The molecule has 0 radical (unpaired) electrons. The van der Waals surface area contributed by atoms with E-state index >= 15 is 0 Å². The number of aromatic amines is 1. The first-order valence-electron chi connectivity index (χ1n) is 6.62. The number of benzene rings is 1. The zero-order valence-electron chi connectivity index (χ0n) is 12.1. The lowest BCUT2D eigenvalue weighted by Crippen LogP contribution is -2.21. The largest absolute Gasteiger partial charge is 0.344 e. The van der Waals surface area contributed by atoms with Crippen molar-refractivity contribution < 1.29 is 4.79 Å². The number of aromatic nitrogens is 3. The van der Waals surface area contributed by atoms with Crippen molar-refractivity contribution in [3.63, 3.8) is 0 Å². The number of fused-ring (bicyclic) bond motifs is 1. The molecule has 2 N–H and O–H groups in total. The van der Waals surface area contributed by atoms with Gasteiger partial charge in [0.15, 0.2) is 0 Å². The number of halogens is 1. The third-order valence-electron chi connectivity index (χ3n) is 3.15. The van der Waals surface area contributed by atoms with Crippen LogP contribution in [0.1, 0.15) is 10.5 Å². The summed E-state index contributed by atoms with van der Waals surface area (Å²) in [7, 11) is 3.40. The Morgan fingerprint density at radius 3 is 2.82 bits per heavy atom. The third kappa shape index (κ3) is 2.73. The predicted molar refractivity (Wildman–Crippen MR) is 86.6 cm³/mol. The summed E-state index contributed by atoms with van der Waals surface area (Å²) in [6, 6.07) is 9.07. The van der Waals surface area contributed by atoms with E-state index < -0.39 is 0 Å². The monoisotopic (exact) mass is 315 g/mol. The van der Waals surface area contributed by atoms with E-state index in [4.69, 9.17) is 11.6 Å². The van der Waals surface area contributed by atoms with Gasteiger partial charge in [-0.15, -0.1) is 0 Å².